The van der Waals surface area contributed by atoms with Gasteiger partial charge in [0.15, 0.2) is 5.69 Å². The van der Waals surface area contributed by atoms with Gasteiger partial charge in [-0.2, -0.15) is 13.2 Å². The van der Waals surface area contributed by atoms with Gasteiger partial charge in [0.1, 0.15) is 0 Å². The van der Waals surface area contributed by atoms with Crippen molar-refractivity contribution in [3.63, 3.8) is 0 Å². The van der Waals surface area contributed by atoms with E-state index in [1.807, 2.05) is 0 Å². The van der Waals surface area contributed by atoms with Crippen LogP contribution in [0.25, 0.3) is 5.69 Å². The minimum absolute atomic E-state index is 0.0454. The number of alkyl halides is 3. The number of anilines is 1. The Kier molecular flexibility index (Phi) is 5.34. The van der Waals surface area contributed by atoms with Crippen LogP contribution >= 0.6 is 11.6 Å². The maximum Gasteiger partial charge on any atom is 0.433 e. The Morgan fingerprint density at radius 3 is 2.30 bits per heavy atom. The lowest BCUT2D eigenvalue weighted by Gasteiger charge is -2.15. The third-order valence-electron chi connectivity index (χ3n) is 3.51. The fourth-order valence-corrected chi connectivity index (χ4v) is 2.95. The van der Waals surface area contributed by atoms with Gasteiger partial charge in [-0.05, 0) is 32.0 Å². The van der Waals surface area contributed by atoms with Crippen LogP contribution in [0.1, 0.15) is 19.5 Å². The molecule has 3 N–H and O–H groups in total. The zero-order valence-corrected chi connectivity index (χ0v) is 15.5. The van der Waals surface area contributed by atoms with Crippen molar-refractivity contribution in [1.82, 2.24) is 9.24 Å². The van der Waals surface area contributed by atoms with Gasteiger partial charge in [-0.15, -0.1) is 0 Å². The highest BCUT2D eigenvalue weighted by atomic mass is 35.5. The average molecular weight is 427 g/mol. The fourth-order valence-electron chi connectivity index (χ4n) is 2.01. The van der Waals surface area contributed by atoms with E-state index in [2.05, 4.69) is 4.72 Å². The number of nitrogens with one attached hydrogen (secondary N) is 1. The Bertz CT molecular complexity index is 1110. The molecule has 0 spiro atoms. The molecule has 0 saturated heterocycles. The van der Waals surface area contributed by atoms with Crippen LogP contribution in [0.15, 0.2) is 33.9 Å². The monoisotopic (exact) mass is 426 g/mol. The Labute approximate surface area is 156 Å². The third-order valence-corrected chi connectivity index (χ3v) is 5.58. The van der Waals surface area contributed by atoms with Crippen LogP contribution in [0.3, 0.4) is 0 Å². The summed E-state index contributed by atoms with van der Waals surface area (Å²) >= 11 is 5.92. The highest BCUT2D eigenvalue weighted by molar-refractivity contribution is 7.93. The number of aromatic nitrogens is 2. The predicted molar refractivity (Wildman–Crippen MR) is 94.1 cm³/mol. The first-order valence-corrected chi connectivity index (χ1v) is 9.21. The summed E-state index contributed by atoms with van der Waals surface area (Å²) in [5.74, 6) is 5.17. The summed E-state index contributed by atoms with van der Waals surface area (Å²) in [6, 6.07) is 3.54. The molecule has 148 valence electrons. The second kappa shape index (κ2) is 6.93. The number of nitrogens with two attached hydrogens (primary N) is 1. The first kappa shape index (κ1) is 20.8. The summed E-state index contributed by atoms with van der Waals surface area (Å²) in [5.41, 5.74) is -4.76. The van der Waals surface area contributed by atoms with Crippen LogP contribution in [-0.4, -0.2) is 22.9 Å². The van der Waals surface area contributed by atoms with Crippen LogP contribution < -0.4 is 21.8 Å². The standard InChI is InChI=1S/C14H14ClF3N4O4S/c1-7(2)27(25,26)20-10-5-8(3-4-9(10)15)21-12(23)6-11(14(16,17)18)22(19)13(21)24/h3-7,20H,19H2,1-2H3. The zero-order chi connectivity index (χ0) is 20.7. The zero-order valence-electron chi connectivity index (χ0n) is 13.9. The van der Waals surface area contributed by atoms with Crippen molar-refractivity contribution < 1.29 is 21.6 Å². The molecule has 1 aromatic heterocycles. The van der Waals surface area contributed by atoms with E-state index < -0.39 is 38.4 Å². The number of nitrogen functional groups attached to an aromatic ring is 1. The first-order valence-electron chi connectivity index (χ1n) is 7.28. The highest BCUT2D eigenvalue weighted by Gasteiger charge is 2.35. The predicted octanol–water partition coefficient (Wildman–Crippen LogP) is 1.54. The molecule has 0 radical (unpaired) electrons. The SMILES string of the molecule is CC(C)S(=O)(=O)Nc1cc(-n2c(=O)cc(C(F)(F)F)n(N)c2=O)ccc1Cl. The van der Waals surface area contributed by atoms with Crippen molar-refractivity contribution >= 4 is 27.3 Å². The largest absolute Gasteiger partial charge is 0.433 e. The van der Waals surface area contributed by atoms with Crippen LogP contribution in [0, 0.1) is 0 Å². The van der Waals surface area contributed by atoms with Gasteiger partial charge >= 0.3 is 11.9 Å². The number of nitrogens with zero attached hydrogens (tertiary/aromatic N) is 2. The van der Waals surface area contributed by atoms with Crippen LogP contribution in [0.4, 0.5) is 18.9 Å². The van der Waals surface area contributed by atoms with Gasteiger partial charge in [0.25, 0.3) is 5.56 Å². The van der Waals surface area contributed by atoms with Crippen molar-refractivity contribution in [3.8, 4) is 5.69 Å². The van der Waals surface area contributed by atoms with E-state index in [1.165, 1.54) is 19.9 Å². The van der Waals surface area contributed by atoms with Gasteiger partial charge in [0.2, 0.25) is 10.0 Å². The van der Waals surface area contributed by atoms with Crippen molar-refractivity contribution in [1.29, 1.82) is 0 Å². The van der Waals surface area contributed by atoms with Gasteiger partial charge in [0.05, 0.1) is 21.6 Å². The van der Waals surface area contributed by atoms with Crippen LogP contribution in [0.2, 0.25) is 5.02 Å². The average Bonchev–Trinajstić information content (AvgIpc) is 2.52. The maximum atomic E-state index is 12.8. The van der Waals surface area contributed by atoms with Crippen molar-refractivity contribution in [2.75, 3.05) is 10.6 Å². The van der Waals surface area contributed by atoms with E-state index in [0.29, 0.717) is 4.57 Å². The van der Waals surface area contributed by atoms with Gasteiger partial charge in [0, 0.05) is 6.07 Å². The third kappa shape index (κ3) is 4.11. The summed E-state index contributed by atoms with van der Waals surface area (Å²) in [7, 11) is -3.81. The second-order valence-electron chi connectivity index (χ2n) is 5.71. The van der Waals surface area contributed by atoms with E-state index >= 15 is 0 Å². The van der Waals surface area contributed by atoms with E-state index in [0.717, 1.165) is 12.1 Å². The maximum absolute atomic E-state index is 12.8. The van der Waals surface area contributed by atoms with E-state index in [4.69, 9.17) is 17.4 Å². The molecule has 2 aromatic rings. The number of halogens is 4. The number of sulfonamides is 1. The fraction of sp³-hybridized carbons (Fsp3) is 0.286. The Balaban J connectivity index is 2.68. The number of benzene rings is 1. The van der Waals surface area contributed by atoms with Crippen molar-refractivity contribution in [3.05, 3.63) is 55.8 Å². The second-order valence-corrected chi connectivity index (χ2v) is 8.36. The smallest absolute Gasteiger partial charge is 0.335 e. The van der Waals surface area contributed by atoms with Crippen molar-refractivity contribution in [2.24, 2.45) is 0 Å². The molecule has 0 aliphatic rings. The van der Waals surface area contributed by atoms with E-state index in [-0.39, 0.29) is 27.1 Å². The summed E-state index contributed by atoms with van der Waals surface area (Å²) in [5, 5.41) is -0.858. The lowest BCUT2D eigenvalue weighted by Crippen LogP contribution is -2.45. The molecule has 0 aliphatic carbocycles. The number of hydrogen-bond donors (Lipinski definition) is 2. The Morgan fingerprint density at radius 2 is 1.78 bits per heavy atom. The molecule has 0 bridgehead atoms. The number of rotatable bonds is 4. The molecule has 0 fully saturated rings. The van der Waals surface area contributed by atoms with Crippen molar-refractivity contribution in [2.45, 2.75) is 25.3 Å². The molecular formula is C14H14ClF3N4O4S. The molecule has 0 atom stereocenters. The first-order chi connectivity index (χ1) is 12.3. The van der Waals surface area contributed by atoms with Gasteiger partial charge in [-0.3, -0.25) is 9.52 Å². The normalized spacial score (nSPS) is 12.4. The van der Waals surface area contributed by atoms with Crippen LogP contribution in [-0.2, 0) is 16.2 Å². The van der Waals surface area contributed by atoms with Crippen LogP contribution in [0.5, 0.6) is 0 Å². The summed E-state index contributed by atoms with van der Waals surface area (Å²) in [4.78, 5) is 24.2. The molecule has 0 saturated carbocycles. The summed E-state index contributed by atoms with van der Waals surface area (Å²) in [6.45, 7) is 2.82. The Morgan fingerprint density at radius 1 is 1.19 bits per heavy atom. The molecule has 0 amide bonds. The Hall–Kier alpha value is -2.47. The van der Waals surface area contributed by atoms with E-state index in [9.17, 15) is 31.2 Å². The molecule has 2 rings (SSSR count). The molecule has 0 aliphatic heterocycles. The lowest BCUT2D eigenvalue weighted by atomic mass is 10.2. The van der Waals surface area contributed by atoms with Gasteiger partial charge in [-0.25, -0.2) is 22.5 Å². The molecule has 8 nitrogen and oxygen atoms in total. The number of hydrogen-bond acceptors (Lipinski definition) is 5. The summed E-state index contributed by atoms with van der Waals surface area (Å²) < 4.78 is 64.8. The summed E-state index contributed by atoms with van der Waals surface area (Å²) in [6.07, 6.45) is -5.01. The molecular weight excluding hydrogens is 413 g/mol. The molecule has 1 aromatic carbocycles. The molecule has 1 heterocycles. The molecule has 13 heteroatoms. The molecule has 0 unspecified atom stereocenters. The van der Waals surface area contributed by atoms with Gasteiger partial charge in [-0.1, -0.05) is 11.6 Å². The lowest BCUT2D eigenvalue weighted by molar-refractivity contribution is -0.143. The molecule has 27 heavy (non-hydrogen) atoms. The van der Waals surface area contributed by atoms with Gasteiger partial charge < -0.3 is 5.84 Å². The quantitative estimate of drug-likeness (QED) is 0.719. The minimum atomic E-state index is -5.01. The highest BCUT2D eigenvalue weighted by Crippen LogP contribution is 2.28. The van der Waals surface area contributed by atoms with E-state index in [1.54, 1.807) is 0 Å². The minimum Gasteiger partial charge on any atom is -0.335 e. The topological polar surface area (TPSA) is 116 Å².